The molecule has 2 rings (SSSR count). The molecule has 1 heteroatoms. The molecule has 1 saturated carbocycles. The van der Waals surface area contributed by atoms with E-state index in [-0.39, 0.29) is 5.54 Å². The molecule has 2 N–H and O–H groups in total. The van der Waals surface area contributed by atoms with Crippen molar-refractivity contribution in [1.82, 2.24) is 0 Å². The smallest absolute Gasteiger partial charge is 0.0221 e. The number of hydrogen-bond acceptors (Lipinski definition) is 1. The van der Waals surface area contributed by atoms with Gasteiger partial charge in [-0.25, -0.2) is 0 Å². The molecule has 1 aliphatic carbocycles. The van der Waals surface area contributed by atoms with E-state index in [4.69, 9.17) is 5.73 Å². The van der Waals surface area contributed by atoms with Gasteiger partial charge in [0.05, 0.1) is 0 Å². The third-order valence-corrected chi connectivity index (χ3v) is 4.86. The highest BCUT2D eigenvalue weighted by atomic mass is 14.8. The summed E-state index contributed by atoms with van der Waals surface area (Å²) < 4.78 is 0. The molecule has 1 nitrogen and oxygen atoms in total. The standard InChI is InChI=1S/C17H27N/c1-3-17(18,13-15-7-5-4-6-8-15)16-11-9-14(2)10-12-16/h4-8,14,16H,3,9-13,18H2,1-2H3. The molecule has 0 aliphatic heterocycles. The first-order valence-corrected chi connectivity index (χ1v) is 7.47. The van der Waals surface area contributed by atoms with Gasteiger partial charge < -0.3 is 5.73 Å². The Morgan fingerprint density at radius 1 is 1.11 bits per heavy atom. The van der Waals surface area contributed by atoms with Gasteiger partial charge in [-0.2, -0.15) is 0 Å². The lowest BCUT2D eigenvalue weighted by Gasteiger charge is -2.41. The third-order valence-electron chi connectivity index (χ3n) is 4.86. The maximum Gasteiger partial charge on any atom is 0.0221 e. The lowest BCUT2D eigenvalue weighted by atomic mass is 9.69. The number of nitrogens with two attached hydrogens (primary N) is 1. The molecule has 1 aromatic rings. The Morgan fingerprint density at radius 2 is 1.72 bits per heavy atom. The maximum absolute atomic E-state index is 6.75. The Bertz CT molecular complexity index is 351. The van der Waals surface area contributed by atoms with Gasteiger partial charge in [-0.1, -0.05) is 57.0 Å². The van der Waals surface area contributed by atoms with Crippen molar-refractivity contribution in [2.75, 3.05) is 0 Å². The molecule has 1 unspecified atom stereocenters. The summed E-state index contributed by atoms with van der Waals surface area (Å²) >= 11 is 0. The van der Waals surface area contributed by atoms with Crippen LogP contribution in [-0.4, -0.2) is 5.54 Å². The first-order valence-electron chi connectivity index (χ1n) is 7.47. The fourth-order valence-corrected chi connectivity index (χ4v) is 3.37. The van der Waals surface area contributed by atoms with Gasteiger partial charge in [0.2, 0.25) is 0 Å². The zero-order valence-corrected chi connectivity index (χ0v) is 11.9. The van der Waals surface area contributed by atoms with Crippen LogP contribution in [0.1, 0.15) is 51.5 Å². The molecular weight excluding hydrogens is 218 g/mol. The maximum atomic E-state index is 6.75. The van der Waals surface area contributed by atoms with Crippen LogP contribution in [0.3, 0.4) is 0 Å². The number of benzene rings is 1. The molecule has 18 heavy (non-hydrogen) atoms. The van der Waals surface area contributed by atoms with Crippen LogP contribution in [0, 0.1) is 11.8 Å². The van der Waals surface area contributed by atoms with Crippen LogP contribution in [0.2, 0.25) is 0 Å². The lowest BCUT2D eigenvalue weighted by Crippen LogP contribution is -2.49. The topological polar surface area (TPSA) is 26.0 Å². The number of rotatable bonds is 4. The molecule has 1 aromatic carbocycles. The van der Waals surface area contributed by atoms with Gasteiger partial charge in [-0.3, -0.25) is 0 Å². The highest BCUT2D eigenvalue weighted by Crippen LogP contribution is 2.37. The zero-order valence-electron chi connectivity index (χ0n) is 11.9. The molecule has 0 bridgehead atoms. The zero-order chi connectivity index (χ0) is 13.0. The molecule has 1 aliphatic rings. The Kier molecular flexibility index (Phi) is 4.45. The summed E-state index contributed by atoms with van der Waals surface area (Å²) in [5.41, 5.74) is 8.14. The van der Waals surface area contributed by atoms with Crippen LogP contribution in [0.25, 0.3) is 0 Å². The second-order valence-electron chi connectivity index (χ2n) is 6.21. The SMILES string of the molecule is CCC(N)(Cc1ccccc1)C1CCC(C)CC1. The Labute approximate surface area is 112 Å². The second kappa shape index (κ2) is 5.88. The van der Waals surface area contributed by atoms with Crippen molar-refractivity contribution < 1.29 is 0 Å². The van der Waals surface area contributed by atoms with Gasteiger partial charge in [-0.05, 0) is 43.1 Å². The summed E-state index contributed by atoms with van der Waals surface area (Å²) in [6.45, 7) is 4.62. The van der Waals surface area contributed by atoms with Crippen LogP contribution < -0.4 is 5.73 Å². The second-order valence-corrected chi connectivity index (χ2v) is 6.21. The Hall–Kier alpha value is -0.820. The van der Waals surface area contributed by atoms with Crippen molar-refractivity contribution in [3.8, 4) is 0 Å². The summed E-state index contributed by atoms with van der Waals surface area (Å²) in [4.78, 5) is 0. The Morgan fingerprint density at radius 3 is 2.28 bits per heavy atom. The first kappa shape index (κ1) is 13.6. The molecular formula is C17H27N. The van der Waals surface area contributed by atoms with Crippen molar-refractivity contribution in [1.29, 1.82) is 0 Å². The molecule has 0 aromatic heterocycles. The molecule has 1 fully saturated rings. The predicted molar refractivity (Wildman–Crippen MR) is 78.5 cm³/mol. The largest absolute Gasteiger partial charge is 0.325 e. The summed E-state index contributed by atoms with van der Waals surface area (Å²) in [5.74, 6) is 1.61. The molecule has 0 amide bonds. The lowest BCUT2D eigenvalue weighted by molar-refractivity contribution is 0.172. The summed E-state index contributed by atoms with van der Waals surface area (Å²) in [6.07, 6.45) is 7.47. The minimum atomic E-state index is 0.00148. The van der Waals surface area contributed by atoms with E-state index < -0.39 is 0 Å². The minimum Gasteiger partial charge on any atom is -0.325 e. The van der Waals surface area contributed by atoms with Gasteiger partial charge in [0.1, 0.15) is 0 Å². The van der Waals surface area contributed by atoms with Crippen LogP contribution in [-0.2, 0) is 6.42 Å². The van der Waals surface area contributed by atoms with E-state index >= 15 is 0 Å². The highest BCUT2D eigenvalue weighted by molar-refractivity contribution is 5.18. The minimum absolute atomic E-state index is 0.00148. The Balaban J connectivity index is 2.05. The van der Waals surface area contributed by atoms with E-state index in [1.54, 1.807) is 0 Å². The van der Waals surface area contributed by atoms with Gasteiger partial charge in [0.15, 0.2) is 0 Å². The van der Waals surface area contributed by atoms with Crippen LogP contribution in [0.15, 0.2) is 30.3 Å². The summed E-state index contributed by atoms with van der Waals surface area (Å²) in [6, 6.07) is 10.7. The van der Waals surface area contributed by atoms with E-state index in [0.29, 0.717) is 5.92 Å². The van der Waals surface area contributed by atoms with Crippen molar-refractivity contribution in [2.24, 2.45) is 17.6 Å². The van der Waals surface area contributed by atoms with E-state index in [1.165, 1.54) is 31.2 Å². The van der Waals surface area contributed by atoms with Crippen LogP contribution in [0.5, 0.6) is 0 Å². The van der Waals surface area contributed by atoms with Crippen molar-refractivity contribution in [3.05, 3.63) is 35.9 Å². The highest BCUT2D eigenvalue weighted by Gasteiger charge is 2.35. The van der Waals surface area contributed by atoms with E-state index in [9.17, 15) is 0 Å². The van der Waals surface area contributed by atoms with Crippen molar-refractivity contribution >= 4 is 0 Å². The molecule has 0 heterocycles. The monoisotopic (exact) mass is 245 g/mol. The average molecular weight is 245 g/mol. The molecule has 0 spiro atoms. The van der Waals surface area contributed by atoms with Crippen molar-refractivity contribution in [3.63, 3.8) is 0 Å². The van der Waals surface area contributed by atoms with Gasteiger partial charge in [-0.15, -0.1) is 0 Å². The quantitative estimate of drug-likeness (QED) is 0.846. The van der Waals surface area contributed by atoms with Gasteiger partial charge in [0, 0.05) is 5.54 Å². The molecule has 0 radical (unpaired) electrons. The van der Waals surface area contributed by atoms with Gasteiger partial charge >= 0.3 is 0 Å². The normalized spacial score (nSPS) is 27.7. The molecule has 100 valence electrons. The first-order chi connectivity index (χ1) is 8.64. The van der Waals surface area contributed by atoms with E-state index in [1.807, 2.05) is 0 Å². The van der Waals surface area contributed by atoms with Gasteiger partial charge in [0.25, 0.3) is 0 Å². The molecule has 1 atom stereocenters. The summed E-state index contributed by atoms with van der Waals surface area (Å²) in [7, 11) is 0. The average Bonchev–Trinajstić information content (AvgIpc) is 2.40. The van der Waals surface area contributed by atoms with Crippen LogP contribution in [0.4, 0.5) is 0 Å². The van der Waals surface area contributed by atoms with E-state index in [2.05, 4.69) is 44.2 Å². The van der Waals surface area contributed by atoms with Crippen LogP contribution >= 0.6 is 0 Å². The molecule has 0 saturated heterocycles. The van der Waals surface area contributed by atoms with Crippen molar-refractivity contribution in [2.45, 2.75) is 57.9 Å². The summed E-state index contributed by atoms with van der Waals surface area (Å²) in [5, 5.41) is 0. The number of hydrogen-bond donors (Lipinski definition) is 1. The predicted octanol–water partition coefficient (Wildman–Crippen LogP) is 4.16. The fraction of sp³-hybridized carbons (Fsp3) is 0.647. The fourth-order valence-electron chi connectivity index (χ4n) is 3.37. The van der Waals surface area contributed by atoms with E-state index in [0.717, 1.165) is 18.8 Å². The third kappa shape index (κ3) is 3.14.